The summed E-state index contributed by atoms with van der Waals surface area (Å²) in [7, 11) is 0. The molecule has 202 valence electrons. The van der Waals surface area contributed by atoms with Crippen molar-refractivity contribution < 1.29 is 19.1 Å². The highest BCUT2D eigenvalue weighted by molar-refractivity contribution is 5.97. The monoisotopic (exact) mass is 508 g/mol. The van der Waals surface area contributed by atoms with Gasteiger partial charge in [-0.05, 0) is 30.5 Å². The molecule has 0 spiro atoms. The second-order valence-corrected chi connectivity index (χ2v) is 9.55. The molecule has 1 atom stereocenters. The van der Waals surface area contributed by atoms with E-state index in [1.165, 1.54) is 51.4 Å². The van der Waals surface area contributed by atoms with Gasteiger partial charge in [0.15, 0.2) is 0 Å². The van der Waals surface area contributed by atoms with Crippen molar-refractivity contribution in [3.63, 3.8) is 0 Å². The summed E-state index contributed by atoms with van der Waals surface area (Å²) in [6.45, 7) is 2.98. The molecule has 2 aromatic rings. The highest BCUT2D eigenvalue weighted by Gasteiger charge is 2.22. The zero-order valence-corrected chi connectivity index (χ0v) is 22.4. The lowest BCUT2D eigenvalue weighted by Crippen LogP contribution is -2.47. The van der Waals surface area contributed by atoms with Crippen LogP contribution in [0.5, 0.6) is 0 Å². The van der Waals surface area contributed by atoms with Crippen LogP contribution in [-0.4, -0.2) is 30.4 Å². The molecule has 2 amide bonds. The van der Waals surface area contributed by atoms with Crippen LogP contribution < -0.4 is 10.6 Å². The molecule has 0 unspecified atom stereocenters. The molecule has 0 fully saturated rings. The number of benzene rings is 2. The standard InChI is InChI=1S/C31H44N2O4/c1-2-3-4-5-6-7-8-9-10-17-24-32-31(36)28(33-30(35)27-20-15-12-16-21-27)22-23-29(34)37-25-26-18-13-11-14-19-26/h11-16,18-21,28H,2-10,17,22-25H2,1H3,(H,32,36)(H,33,35)/t28-/m0/s1. The minimum Gasteiger partial charge on any atom is -0.461 e. The molecule has 6 nitrogen and oxygen atoms in total. The predicted octanol–water partition coefficient (Wildman–Crippen LogP) is 6.35. The van der Waals surface area contributed by atoms with Crippen molar-refractivity contribution in [1.29, 1.82) is 0 Å². The van der Waals surface area contributed by atoms with E-state index in [1.807, 2.05) is 36.4 Å². The molecule has 0 saturated heterocycles. The molecule has 2 aromatic carbocycles. The van der Waals surface area contributed by atoms with Gasteiger partial charge in [-0.2, -0.15) is 0 Å². The molecule has 0 aliphatic carbocycles. The van der Waals surface area contributed by atoms with Gasteiger partial charge in [-0.15, -0.1) is 0 Å². The Morgan fingerprint density at radius 3 is 1.95 bits per heavy atom. The number of rotatable bonds is 19. The van der Waals surface area contributed by atoms with E-state index < -0.39 is 12.0 Å². The lowest BCUT2D eigenvalue weighted by molar-refractivity contribution is -0.145. The average molecular weight is 509 g/mol. The molecule has 0 saturated carbocycles. The zero-order chi connectivity index (χ0) is 26.6. The largest absolute Gasteiger partial charge is 0.461 e. The summed E-state index contributed by atoms with van der Waals surface area (Å²) in [5.41, 5.74) is 1.38. The van der Waals surface area contributed by atoms with Crippen LogP contribution in [0.1, 0.15) is 99.9 Å². The number of hydrogen-bond donors (Lipinski definition) is 2. The van der Waals surface area contributed by atoms with Gasteiger partial charge in [0.1, 0.15) is 12.6 Å². The van der Waals surface area contributed by atoms with Crippen molar-refractivity contribution in [2.45, 2.75) is 96.6 Å². The van der Waals surface area contributed by atoms with E-state index in [9.17, 15) is 14.4 Å². The number of ether oxygens (including phenoxy) is 1. The van der Waals surface area contributed by atoms with Gasteiger partial charge < -0.3 is 15.4 Å². The molecular weight excluding hydrogens is 464 g/mol. The number of unbranched alkanes of at least 4 members (excludes halogenated alkanes) is 9. The van der Waals surface area contributed by atoms with E-state index in [4.69, 9.17) is 4.74 Å². The Labute approximate surface area is 222 Å². The van der Waals surface area contributed by atoms with E-state index in [1.54, 1.807) is 24.3 Å². The summed E-state index contributed by atoms with van der Waals surface area (Å²) in [6, 6.07) is 17.4. The van der Waals surface area contributed by atoms with Gasteiger partial charge in [0, 0.05) is 18.5 Å². The van der Waals surface area contributed by atoms with Gasteiger partial charge in [-0.1, -0.05) is 113 Å². The van der Waals surface area contributed by atoms with Crippen molar-refractivity contribution in [3.8, 4) is 0 Å². The van der Waals surface area contributed by atoms with E-state index in [0.717, 1.165) is 18.4 Å². The maximum Gasteiger partial charge on any atom is 0.306 e. The first kappa shape index (κ1) is 30.1. The Kier molecular flexibility index (Phi) is 15.5. The van der Waals surface area contributed by atoms with Crippen LogP contribution in [0.2, 0.25) is 0 Å². The fourth-order valence-electron chi connectivity index (χ4n) is 4.12. The van der Waals surface area contributed by atoms with Crippen LogP contribution in [0.25, 0.3) is 0 Å². The van der Waals surface area contributed by atoms with E-state index >= 15 is 0 Å². The van der Waals surface area contributed by atoms with Gasteiger partial charge in [0.05, 0.1) is 0 Å². The molecule has 0 aliphatic rings. The fourth-order valence-corrected chi connectivity index (χ4v) is 4.12. The number of hydrogen-bond acceptors (Lipinski definition) is 4. The lowest BCUT2D eigenvalue weighted by atomic mass is 10.1. The SMILES string of the molecule is CCCCCCCCCCCCNC(=O)[C@H](CCC(=O)OCc1ccccc1)NC(=O)c1ccccc1. The lowest BCUT2D eigenvalue weighted by Gasteiger charge is -2.18. The number of esters is 1. The van der Waals surface area contributed by atoms with Gasteiger partial charge in [-0.3, -0.25) is 14.4 Å². The Morgan fingerprint density at radius 1 is 0.757 bits per heavy atom. The third-order valence-electron chi connectivity index (χ3n) is 6.37. The molecule has 37 heavy (non-hydrogen) atoms. The third-order valence-corrected chi connectivity index (χ3v) is 6.37. The van der Waals surface area contributed by atoms with E-state index in [0.29, 0.717) is 12.1 Å². The van der Waals surface area contributed by atoms with Crippen molar-refractivity contribution >= 4 is 17.8 Å². The van der Waals surface area contributed by atoms with Gasteiger partial charge in [0.2, 0.25) is 5.91 Å². The van der Waals surface area contributed by atoms with Crippen LogP contribution in [0, 0.1) is 0 Å². The normalized spacial score (nSPS) is 11.5. The number of carbonyl (C=O) groups excluding carboxylic acids is 3. The maximum absolute atomic E-state index is 12.9. The zero-order valence-electron chi connectivity index (χ0n) is 22.4. The Hall–Kier alpha value is -3.15. The summed E-state index contributed by atoms with van der Waals surface area (Å²) in [6.07, 6.45) is 12.5. The molecular formula is C31H44N2O4. The topological polar surface area (TPSA) is 84.5 Å². The second-order valence-electron chi connectivity index (χ2n) is 9.55. The molecule has 6 heteroatoms. The molecule has 0 aliphatic heterocycles. The molecule has 0 heterocycles. The van der Waals surface area contributed by atoms with Crippen LogP contribution >= 0.6 is 0 Å². The quantitative estimate of drug-likeness (QED) is 0.171. The summed E-state index contributed by atoms with van der Waals surface area (Å²) in [4.78, 5) is 37.8. The first-order chi connectivity index (χ1) is 18.1. The maximum atomic E-state index is 12.9. The molecule has 2 N–H and O–H groups in total. The molecule has 0 bridgehead atoms. The Morgan fingerprint density at radius 2 is 1.32 bits per heavy atom. The van der Waals surface area contributed by atoms with Crippen molar-refractivity contribution in [2.75, 3.05) is 6.54 Å². The van der Waals surface area contributed by atoms with Gasteiger partial charge in [-0.25, -0.2) is 0 Å². The van der Waals surface area contributed by atoms with Crippen molar-refractivity contribution in [1.82, 2.24) is 10.6 Å². The Balaban J connectivity index is 1.74. The smallest absolute Gasteiger partial charge is 0.306 e. The number of amides is 2. The van der Waals surface area contributed by atoms with Gasteiger partial charge in [0.25, 0.3) is 5.91 Å². The first-order valence-electron chi connectivity index (χ1n) is 13.9. The van der Waals surface area contributed by atoms with Crippen LogP contribution in [0.15, 0.2) is 60.7 Å². The number of carbonyl (C=O) groups is 3. The van der Waals surface area contributed by atoms with E-state index in [2.05, 4.69) is 17.6 Å². The van der Waals surface area contributed by atoms with Crippen LogP contribution in [-0.2, 0) is 20.9 Å². The summed E-state index contributed by atoms with van der Waals surface area (Å²) in [5, 5.41) is 5.73. The summed E-state index contributed by atoms with van der Waals surface area (Å²) < 4.78 is 5.34. The highest BCUT2D eigenvalue weighted by Crippen LogP contribution is 2.11. The molecule has 2 rings (SSSR count). The first-order valence-corrected chi connectivity index (χ1v) is 13.9. The summed E-state index contributed by atoms with van der Waals surface area (Å²) >= 11 is 0. The predicted molar refractivity (Wildman–Crippen MR) is 148 cm³/mol. The van der Waals surface area contributed by atoms with Crippen LogP contribution in [0.4, 0.5) is 0 Å². The van der Waals surface area contributed by atoms with Crippen molar-refractivity contribution in [2.24, 2.45) is 0 Å². The molecule has 0 radical (unpaired) electrons. The number of nitrogens with one attached hydrogen (secondary N) is 2. The van der Waals surface area contributed by atoms with Gasteiger partial charge >= 0.3 is 5.97 Å². The summed E-state index contributed by atoms with van der Waals surface area (Å²) in [5.74, 6) is -1.00. The minimum atomic E-state index is -0.805. The van der Waals surface area contributed by atoms with Crippen molar-refractivity contribution in [3.05, 3.63) is 71.8 Å². The van der Waals surface area contributed by atoms with Crippen LogP contribution in [0.3, 0.4) is 0 Å². The molecule has 0 aromatic heterocycles. The highest BCUT2D eigenvalue weighted by atomic mass is 16.5. The second kappa shape index (κ2) is 19.0. The minimum absolute atomic E-state index is 0.0399. The Bertz CT molecular complexity index is 902. The third kappa shape index (κ3) is 13.7. The fraction of sp³-hybridized carbons (Fsp3) is 0.516. The average Bonchev–Trinajstić information content (AvgIpc) is 2.93. The van der Waals surface area contributed by atoms with E-state index in [-0.39, 0.29) is 31.3 Å².